The Morgan fingerprint density at radius 2 is 1.89 bits per heavy atom. The lowest BCUT2D eigenvalue weighted by molar-refractivity contribution is 0.0946. The summed E-state index contributed by atoms with van der Waals surface area (Å²) < 4.78 is 5.24. The molecule has 0 saturated heterocycles. The Balaban J connectivity index is 2.48. The maximum atomic E-state index is 6.09. The third-order valence-electron chi connectivity index (χ3n) is 5.07. The normalized spacial score (nSPS) is 20.7. The van der Waals surface area contributed by atoms with E-state index in [1.54, 1.807) is 7.11 Å². The second-order valence-electron chi connectivity index (χ2n) is 6.30. The molecule has 3 nitrogen and oxygen atoms in total. The van der Waals surface area contributed by atoms with E-state index in [1.807, 2.05) is 0 Å². The molecule has 2 N–H and O–H groups in total. The van der Waals surface area contributed by atoms with Crippen LogP contribution in [0.25, 0.3) is 0 Å². The summed E-state index contributed by atoms with van der Waals surface area (Å²) >= 11 is 0. The first-order chi connectivity index (χ1) is 9.17. The highest BCUT2D eigenvalue weighted by Gasteiger charge is 2.31. The van der Waals surface area contributed by atoms with Gasteiger partial charge in [0.05, 0.1) is 6.61 Å². The van der Waals surface area contributed by atoms with E-state index < -0.39 is 0 Å². The van der Waals surface area contributed by atoms with Crippen molar-refractivity contribution >= 4 is 0 Å². The molecular formula is C16H34N2O. The lowest BCUT2D eigenvalue weighted by Crippen LogP contribution is -2.41. The highest BCUT2D eigenvalue weighted by Crippen LogP contribution is 2.38. The minimum Gasteiger partial charge on any atom is -0.383 e. The Kier molecular flexibility index (Phi) is 7.96. The number of ether oxygens (including phenoxy) is 1. The van der Waals surface area contributed by atoms with Crippen LogP contribution in [0.1, 0.15) is 58.8 Å². The maximum Gasteiger partial charge on any atom is 0.0589 e. The van der Waals surface area contributed by atoms with Gasteiger partial charge in [0.2, 0.25) is 0 Å². The second kappa shape index (κ2) is 8.93. The molecule has 0 aromatic heterocycles. The van der Waals surface area contributed by atoms with Crippen molar-refractivity contribution < 1.29 is 4.74 Å². The lowest BCUT2D eigenvalue weighted by Gasteiger charge is -2.39. The van der Waals surface area contributed by atoms with Gasteiger partial charge < -0.3 is 10.5 Å². The van der Waals surface area contributed by atoms with Crippen LogP contribution in [-0.2, 0) is 4.74 Å². The van der Waals surface area contributed by atoms with Crippen LogP contribution in [0.5, 0.6) is 0 Å². The minimum absolute atomic E-state index is 0.428. The van der Waals surface area contributed by atoms with Crippen LogP contribution in [0.3, 0.4) is 0 Å². The minimum atomic E-state index is 0.428. The fourth-order valence-electron chi connectivity index (χ4n) is 3.26. The molecule has 19 heavy (non-hydrogen) atoms. The van der Waals surface area contributed by atoms with Crippen molar-refractivity contribution in [3.63, 3.8) is 0 Å². The quantitative estimate of drug-likeness (QED) is 0.700. The van der Waals surface area contributed by atoms with Crippen LogP contribution < -0.4 is 5.73 Å². The zero-order chi connectivity index (χ0) is 14.1. The molecule has 0 heterocycles. The predicted octanol–water partition coefficient (Wildman–Crippen LogP) is 3.03. The van der Waals surface area contributed by atoms with Crippen LogP contribution in [0.15, 0.2) is 0 Å². The van der Waals surface area contributed by atoms with Gasteiger partial charge in [-0.25, -0.2) is 0 Å². The molecule has 1 unspecified atom stereocenters. The van der Waals surface area contributed by atoms with Gasteiger partial charge in [0, 0.05) is 19.7 Å². The summed E-state index contributed by atoms with van der Waals surface area (Å²) in [6.45, 7) is 8.52. The average molecular weight is 270 g/mol. The van der Waals surface area contributed by atoms with Crippen molar-refractivity contribution in [2.45, 2.75) is 64.8 Å². The molecule has 0 spiro atoms. The van der Waals surface area contributed by atoms with Crippen molar-refractivity contribution in [1.82, 2.24) is 4.90 Å². The fourth-order valence-corrected chi connectivity index (χ4v) is 3.26. The third-order valence-corrected chi connectivity index (χ3v) is 5.07. The van der Waals surface area contributed by atoms with Gasteiger partial charge in [-0.2, -0.15) is 0 Å². The van der Waals surface area contributed by atoms with Gasteiger partial charge in [-0.1, -0.05) is 26.2 Å². The highest BCUT2D eigenvalue weighted by molar-refractivity contribution is 4.85. The SMILES string of the molecule is CCC(C)N(CCOC)CCC1(CN)CCCCC1. The Bertz CT molecular complexity index is 227. The summed E-state index contributed by atoms with van der Waals surface area (Å²) in [5.41, 5.74) is 6.52. The lowest BCUT2D eigenvalue weighted by atomic mass is 9.72. The monoisotopic (exact) mass is 270 g/mol. The molecule has 1 saturated carbocycles. The Hall–Kier alpha value is -0.120. The van der Waals surface area contributed by atoms with Crippen molar-refractivity contribution in [2.24, 2.45) is 11.1 Å². The van der Waals surface area contributed by atoms with Gasteiger partial charge in [-0.15, -0.1) is 0 Å². The van der Waals surface area contributed by atoms with Gasteiger partial charge >= 0.3 is 0 Å². The van der Waals surface area contributed by atoms with Gasteiger partial charge in [-0.05, 0) is 51.1 Å². The molecule has 0 bridgehead atoms. The van der Waals surface area contributed by atoms with E-state index in [4.69, 9.17) is 10.5 Å². The van der Waals surface area contributed by atoms with E-state index in [0.29, 0.717) is 11.5 Å². The third kappa shape index (κ3) is 5.41. The number of nitrogens with zero attached hydrogens (tertiary/aromatic N) is 1. The first-order valence-electron chi connectivity index (χ1n) is 8.10. The molecule has 0 aromatic rings. The van der Waals surface area contributed by atoms with Crippen molar-refractivity contribution in [2.75, 3.05) is 33.4 Å². The molecule has 1 atom stereocenters. The number of nitrogens with two attached hydrogens (primary N) is 1. The molecule has 0 aliphatic heterocycles. The maximum absolute atomic E-state index is 6.09. The summed E-state index contributed by atoms with van der Waals surface area (Å²) in [4.78, 5) is 2.58. The van der Waals surface area contributed by atoms with E-state index in [-0.39, 0.29) is 0 Å². The van der Waals surface area contributed by atoms with Crippen molar-refractivity contribution in [3.05, 3.63) is 0 Å². The van der Waals surface area contributed by atoms with Gasteiger partial charge in [-0.3, -0.25) is 4.90 Å². The van der Waals surface area contributed by atoms with E-state index in [9.17, 15) is 0 Å². The summed E-state index contributed by atoms with van der Waals surface area (Å²) in [7, 11) is 1.79. The molecule has 1 rings (SSSR count). The molecule has 0 aromatic carbocycles. The van der Waals surface area contributed by atoms with Gasteiger partial charge in [0.15, 0.2) is 0 Å². The van der Waals surface area contributed by atoms with Crippen molar-refractivity contribution in [3.8, 4) is 0 Å². The summed E-state index contributed by atoms with van der Waals surface area (Å²) in [6, 6.07) is 0.647. The topological polar surface area (TPSA) is 38.5 Å². The Labute approximate surface area is 119 Å². The van der Waals surface area contributed by atoms with Gasteiger partial charge in [0.25, 0.3) is 0 Å². The molecule has 3 heteroatoms. The van der Waals surface area contributed by atoms with Crippen molar-refractivity contribution in [1.29, 1.82) is 0 Å². The number of hydrogen-bond donors (Lipinski definition) is 1. The number of rotatable bonds is 9. The van der Waals surface area contributed by atoms with E-state index in [2.05, 4.69) is 18.7 Å². The average Bonchev–Trinajstić information content (AvgIpc) is 2.47. The smallest absolute Gasteiger partial charge is 0.0589 e. The van der Waals surface area contributed by atoms with E-state index in [1.165, 1.54) is 51.5 Å². The van der Waals surface area contributed by atoms with Crippen LogP contribution >= 0.6 is 0 Å². The van der Waals surface area contributed by atoms with E-state index in [0.717, 1.165) is 19.7 Å². The zero-order valence-corrected chi connectivity index (χ0v) is 13.3. The summed E-state index contributed by atoms with van der Waals surface area (Å²) in [5, 5.41) is 0. The standard InChI is InChI=1S/C16H34N2O/c1-4-15(2)18(12-13-19-3)11-10-16(14-17)8-6-5-7-9-16/h15H,4-14,17H2,1-3H3. The molecule has 0 amide bonds. The Morgan fingerprint density at radius 3 is 2.42 bits per heavy atom. The number of hydrogen-bond acceptors (Lipinski definition) is 3. The van der Waals surface area contributed by atoms with Crippen LogP contribution in [0, 0.1) is 5.41 Å². The molecule has 1 aliphatic carbocycles. The molecule has 1 aliphatic rings. The predicted molar refractivity (Wildman–Crippen MR) is 82.4 cm³/mol. The summed E-state index contributed by atoms with van der Waals surface area (Å²) in [5.74, 6) is 0. The first-order valence-corrected chi connectivity index (χ1v) is 8.10. The first kappa shape index (κ1) is 16.9. The Morgan fingerprint density at radius 1 is 1.21 bits per heavy atom. The van der Waals surface area contributed by atoms with Gasteiger partial charge in [0.1, 0.15) is 0 Å². The molecule has 0 radical (unpaired) electrons. The highest BCUT2D eigenvalue weighted by atomic mass is 16.5. The fraction of sp³-hybridized carbons (Fsp3) is 1.00. The molecule has 1 fully saturated rings. The van der Waals surface area contributed by atoms with Crippen LogP contribution in [-0.4, -0.2) is 44.3 Å². The molecular weight excluding hydrogens is 236 g/mol. The second-order valence-corrected chi connectivity index (χ2v) is 6.30. The van der Waals surface area contributed by atoms with Crippen LogP contribution in [0.4, 0.5) is 0 Å². The molecule has 114 valence electrons. The van der Waals surface area contributed by atoms with Crippen LogP contribution in [0.2, 0.25) is 0 Å². The number of methoxy groups -OCH3 is 1. The zero-order valence-electron chi connectivity index (χ0n) is 13.3. The summed E-state index contributed by atoms with van der Waals surface area (Å²) in [6.07, 6.45) is 9.29. The largest absolute Gasteiger partial charge is 0.383 e. The van der Waals surface area contributed by atoms with E-state index >= 15 is 0 Å².